The van der Waals surface area contributed by atoms with Crippen molar-refractivity contribution in [2.24, 2.45) is 9.98 Å². The van der Waals surface area contributed by atoms with Gasteiger partial charge in [-0.1, -0.05) is 77.5 Å². The first-order chi connectivity index (χ1) is 22.5. The Bertz CT molecular complexity index is 1350. The number of hydrogen-bond acceptors (Lipinski definition) is 12. The maximum absolute atomic E-state index is 12.8. The van der Waals surface area contributed by atoms with Crippen molar-refractivity contribution in [3.8, 4) is 17.2 Å². The predicted octanol–water partition coefficient (Wildman–Crippen LogP) is -0.121. The molecule has 19 heteroatoms. The Morgan fingerprint density at radius 1 is 0.725 bits per heavy atom. The number of benzene rings is 3. The molecule has 290 valence electrons. The van der Waals surface area contributed by atoms with E-state index in [2.05, 4.69) is 67.6 Å². The molecule has 1 heterocycles. The van der Waals surface area contributed by atoms with Crippen molar-refractivity contribution in [2.45, 2.75) is 13.1 Å². The first-order valence-electron chi connectivity index (χ1n) is 13.9. The van der Waals surface area contributed by atoms with Crippen LogP contribution in [0.25, 0.3) is 0 Å². The molecule has 1 fully saturated rings. The van der Waals surface area contributed by atoms with Crippen molar-refractivity contribution in [3.05, 3.63) is 84.7 Å². The number of aliphatic hydroxyl groups is 3. The second-order valence-corrected chi connectivity index (χ2v) is 11.8. The van der Waals surface area contributed by atoms with Gasteiger partial charge in [0, 0.05) is 79.3 Å². The molecule has 0 aliphatic carbocycles. The van der Waals surface area contributed by atoms with Crippen molar-refractivity contribution in [2.75, 3.05) is 60.6 Å². The van der Waals surface area contributed by atoms with E-state index in [4.69, 9.17) is 25.2 Å². The van der Waals surface area contributed by atoms with Crippen LogP contribution in [0.3, 0.4) is 0 Å². The number of carbonyl (C=O) groups excluding carboxylic acids is 1. The maximum Gasteiger partial charge on any atom is 3.00 e. The van der Waals surface area contributed by atoms with E-state index in [0.29, 0.717) is 42.9 Å². The summed E-state index contributed by atoms with van der Waals surface area (Å²) >= 11 is 10.3. The summed E-state index contributed by atoms with van der Waals surface area (Å²) in [7, 11) is 3.00. The van der Waals surface area contributed by atoms with E-state index in [-0.39, 0.29) is 67.3 Å². The third kappa shape index (κ3) is 22.0. The topological polar surface area (TPSA) is 266 Å². The van der Waals surface area contributed by atoms with Crippen molar-refractivity contribution < 1.29 is 84.5 Å². The molecule has 0 amide bonds. The van der Waals surface area contributed by atoms with Crippen LogP contribution in [0.15, 0.2) is 78.0 Å². The van der Waals surface area contributed by atoms with Gasteiger partial charge in [-0.3, -0.25) is 19.8 Å². The van der Waals surface area contributed by atoms with E-state index in [0.717, 1.165) is 54.8 Å². The number of carbonyl (C=O) groups is 1. The molecule has 0 spiro atoms. The largest absolute Gasteiger partial charge is 3.00 e. The summed E-state index contributed by atoms with van der Waals surface area (Å²) in [6, 6.07) is 15.2. The van der Waals surface area contributed by atoms with Crippen LogP contribution in [0.5, 0.6) is 17.2 Å². The second kappa shape index (κ2) is 33.8. The molecule has 0 aromatic heterocycles. The quantitative estimate of drug-likeness (QED) is 0.145. The summed E-state index contributed by atoms with van der Waals surface area (Å²) in [5.41, 5.74) is 1.77. The van der Waals surface area contributed by atoms with E-state index >= 15 is 0 Å². The van der Waals surface area contributed by atoms with E-state index in [9.17, 15) is 15.3 Å². The van der Waals surface area contributed by atoms with Crippen LogP contribution in [0.1, 0.15) is 29.8 Å². The summed E-state index contributed by atoms with van der Waals surface area (Å²) < 4.78 is 2.51. The molecule has 0 bridgehead atoms. The van der Waals surface area contributed by atoms with Crippen LogP contribution in [-0.4, -0.2) is 110 Å². The number of aliphatic carboxylic acids is 1. The SMILES string of the molecule is CC(=O)[O-].CO.CO.CO.O.[Ni+3].[Ni+3].[O-]c1ccc(Br)cc1C=NCCN1CCN(CCN=Cc2cc(Br)ccc2[O-])C1c1cc(Br)ccc1[O-].[OH3+]. The average molecular weight is 1000 g/mol. The first kappa shape index (κ1) is 58.3. The molecule has 3 aromatic rings. The second-order valence-electron chi connectivity index (χ2n) is 9.05. The number of halogens is 3. The van der Waals surface area contributed by atoms with Crippen LogP contribution < -0.4 is 20.4 Å². The first-order valence-corrected chi connectivity index (χ1v) is 16.3. The van der Waals surface area contributed by atoms with E-state index in [1.807, 2.05) is 6.07 Å². The van der Waals surface area contributed by atoms with E-state index in [1.54, 1.807) is 48.8 Å². The Balaban J connectivity index is -0.000000457. The third-order valence-electron chi connectivity index (χ3n) is 6.05. The molecule has 0 atom stereocenters. The summed E-state index contributed by atoms with van der Waals surface area (Å²) in [4.78, 5) is 22.3. The molecule has 51 heavy (non-hydrogen) atoms. The molecular weight excluding hydrogens is 957 g/mol. The number of aliphatic hydroxyl groups excluding tert-OH is 3. The van der Waals surface area contributed by atoms with Gasteiger partial charge in [-0.15, -0.1) is 5.75 Å². The Kier molecular flexibility index (Phi) is 38.7. The molecule has 4 rings (SSSR count). The molecule has 0 unspecified atom stereocenters. The number of hydrogen-bond donors (Lipinski definition) is 3. The van der Waals surface area contributed by atoms with Gasteiger partial charge in [-0.05, 0) is 60.0 Å². The molecule has 2 radical (unpaired) electrons. The smallest absolute Gasteiger partial charge is 0.872 e. The van der Waals surface area contributed by atoms with Crippen molar-refractivity contribution in [3.63, 3.8) is 0 Å². The van der Waals surface area contributed by atoms with Crippen molar-refractivity contribution in [1.82, 2.24) is 9.80 Å². The van der Waals surface area contributed by atoms with Gasteiger partial charge in [0.1, 0.15) is 0 Å². The Morgan fingerprint density at radius 3 is 1.39 bits per heavy atom. The monoisotopic (exact) mass is 997 g/mol. The van der Waals surface area contributed by atoms with Gasteiger partial charge in [0.15, 0.2) is 0 Å². The minimum absolute atomic E-state index is 0. The van der Waals surface area contributed by atoms with Gasteiger partial charge in [-0.2, -0.15) is 0 Å². The van der Waals surface area contributed by atoms with Crippen molar-refractivity contribution >= 4 is 66.2 Å². The molecule has 1 aliphatic heterocycles. The molecule has 0 saturated carbocycles. The van der Waals surface area contributed by atoms with Crippen LogP contribution in [0.4, 0.5) is 0 Å². The zero-order valence-corrected chi connectivity index (χ0v) is 34.9. The minimum atomic E-state index is -1.08. The standard InChI is InChI=1S/C27H27Br3N4O3.C2H4O2.3CH4O.2Ni.2H2O/c28-20-1-4-24(35)18(13-20)16-31-7-9-33-11-12-34(27(33)23-15-22(30)3-6-26(23)37)10-8-32-17-19-14-21(29)2-5-25(19)36;1-2(3)4;3*1-2;;;;/h1-6,13-17,27,35-37H,7-12H2;1H3,(H,3,4);3*2H,1H3;;;2*1H2/q;;;;;2*+3;;/p-3. The fourth-order valence-corrected chi connectivity index (χ4v) is 5.39. The fraction of sp³-hybridized carbons (Fsp3) is 0.344. The van der Waals surface area contributed by atoms with Gasteiger partial charge in [0.2, 0.25) is 0 Å². The summed E-state index contributed by atoms with van der Waals surface area (Å²) in [5.74, 6) is -1.25. The van der Waals surface area contributed by atoms with Gasteiger partial charge >= 0.3 is 33.0 Å². The molecular formula is C32H44Br3N4Ni2O10+3. The van der Waals surface area contributed by atoms with Gasteiger partial charge in [-0.25, -0.2) is 0 Å². The average Bonchev–Trinajstić information content (AvgIpc) is 3.46. The third-order valence-corrected chi connectivity index (χ3v) is 7.53. The Hall–Kier alpha value is -1.98. The number of rotatable bonds is 9. The number of carboxylic acid groups (broad SMARTS) is 1. The zero-order valence-electron chi connectivity index (χ0n) is 28.2. The normalized spacial score (nSPS) is 13.1. The Labute approximate surface area is 343 Å². The van der Waals surface area contributed by atoms with Crippen LogP contribution >= 0.6 is 47.8 Å². The number of nitrogens with zero attached hydrogens (tertiary/aromatic N) is 4. The fourth-order valence-electron chi connectivity index (χ4n) is 4.25. The predicted molar refractivity (Wildman–Crippen MR) is 195 cm³/mol. The minimum Gasteiger partial charge on any atom is -0.872 e. The number of aliphatic imine (C=N–C) groups is 2. The van der Waals surface area contributed by atoms with Crippen LogP contribution in [0.2, 0.25) is 0 Å². The number of carboxylic acids is 1. The van der Waals surface area contributed by atoms with E-state index < -0.39 is 5.97 Å². The van der Waals surface area contributed by atoms with Gasteiger partial charge < -0.3 is 51.5 Å². The summed E-state index contributed by atoms with van der Waals surface area (Å²) in [6.45, 7) is 4.77. The summed E-state index contributed by atoms with van der Waals surface area (Å²) in [6.07, 6.45) is 3.00. The summed E-state index contributed by atoms with van der Waals surface area (Å²) in [5, 5.41) is 66.7. The van der Waals surface area contributed by atoms with Crippen LogP contribution in [0, 0.1) is 0 Å². The van der Waals surface area contributed by atoms with Crippen LogP contribution in [-0.2, 0) is 43.3 Å². The van der Waals surface area contributed by atoms with E-state index in [1.165, 1.54) is 12.1 Å². The van der Waals surface area contributed by atoms with Crippen molar-refractivity contribution in [1.29, 1.82) is 0 Å². The maximum atomic E-state index is 12.8. The molecule has 3 aromatic carbocycles. The molecule has 1 aliphatic rings. The Morgan fingerprint density at radius 2 is 1.04 bits per heavy atom. The molecule has 1 saturated heterocycles. The zero-order chi connectivity index (χ0) is 35.9. The molecule has 8 N–H and O–H groups in total. The van der Waals surface area contributed by atoms with Gasteiger partial charge in [0.25, 0.3) is 0 Å². The van der Waals surface area contributed by atoms with Gasteiger partial charge in [0.05, 0.1) is 19.3 Å². The molecule has 14 nitrogen and oxygen atoms in total.